The van der Waals surface area contributed by atoms with Gasteiger partial charge in [0.25, 0.3) is 6.33 Å². The van der Waals surface area contributed by atoms with Crippen LogP contribution in [0.4, 0.5) is 0 Å². The minimum Gasteiger partial charge on any atom is -0.510 e. The van der Waals surface area contributed by atoms with Crippen LogP contribution in [-0.4, -0.2) is 20.8 Å². The number of benzene rings is 10. The third-order valence-corrected chi connectivity index (χ3v) is 15.3. The summed E-state index contributed by atoms with van der Waals surface area (Å²) in [4.78, 5) is 4.85. The van der Waals surface area contributed by atoms with Crippen LogP contribution in [0, 0.1) is 18.5 Å². The molecule has 82 heavy (non-hydrogen) atoms. The molecule has 10 heteroatoms. The molecule has 0 spiro atoms. The first-order valence-electron chi connectivity index (χ1n) is 31.5. The average molecular weight is 1250 g/mol. The van der Waals surface area contributed by atoms with Gasteiger partial charge in [-0.3, -0.25) is 4.57 Å². The topological polar surface area (TPSA) is 67.5 Å². The molecule has 0 amide bonds. The van der Waals surface area contributed by atoms with Crippen LogP contribution < -0.4 is 35.4 Å². The fourth-order valence-electron chi connectivity index (χ4n) is 11.6. The molecule has 8 nitrogen and oxygen atoms in total. The number of para-hydroxylation sites is 3. The molecule has 10 aromatic carbocycles. The maximum atomic E-state index is 9.39. The minimum atomic E-state index is -0.604. The van der Waals surface area contributed by atoms with Crippen molar-refractivity contribution in [2.45, 2.75) is 26.2 Å². The van der Waals surface area contributed by atoms with E-state index in [1.807, 2.05) is 128 Å². The summed E-state index contributed by atoms with van der Waals surface area (Å²) in [7, 11) is 0. The molecule has 0 saturated heterocycles. The Bertz CT molecular complexity index is 5360. The Kier molecular flexibility index (Phi) is 9.31. The first-order valence-corrected chi connectivity index (χ1v) is 26.5. The van der Waals surface area contributed by atoms with E-state index in [1.54, 1.807) is 33.4 Å². The summed E-state index contributed by atoms with van der Waals surface area (Å²) in [5.74, 6) is 3.87. The van der Waals surface area contributed by atoms with E-state index in [4.69, 9.17) is 31.8 Å². The molecule has 0 atom stereocenters. The van der Waals surface area contributed by atoms with E-state index in [1.165, 1.54) is 0 Å². The zero-order valence-corrected chi connectivity index (χ0v) is 46.3. The van der Waals surface area contributed by atoms with Gasteiger partial charge in [-0.25, -0.2) is 4.98 Å². The second-order valence-electron chi connectivity index (χ2n) is 21.1. The van der Waals surface area contributed by atoms with Crippen molar-refractivity contribution < 1.29 is 58.0 Å². The molecule has 2 aliphatic heterocycles. The van der Waals surface area contributed by atoms with Crippen molar-refractivity contribution in [1.29, 1.82) is 0 Å². The number of hydrogen-bond donors (Lipinski definition) is 0. The monoisotopic (exact) mass is 1250 g/mol. The van der Waals surface area contributed by atoms with Crippen LogP contribution in [0.25, 0.3) is 94.4 Å². The standard InChI is InChI=1S/C72H47BN4O4.Pt/c1-72(2,3)48-38-39-74-66(41-48)77-58-29-12-10-24-55(58)56-36-35-51(43-60(56)77)78-50-23-14-22-49(42-50)75-44-76(69-53(45-18-6-4-7-19-45)27-15-28-54(69)46-20-8-5-9-21-46)61-40-47(34-37-59(61)75)52-26-16-31-63-67(52)73-68-64(79-63)32-17-33-65(68)80-70-57-25-11-13-30-62(57)81-71(70)73;/h4-41H,1-3H3;/q-2;/i4D,5D,6D,7D,8D,9D,18D,19D,20D,21D;. The number of ether oxygens (including phenoxy) is 3. The minimum absolute atomic E-state index is 0. The van der Waals surface area contributed by atoms with Crippen LogP contribution in [0.15, 0.2) is 235 Å². The van der Waals surface area contributed by atoms with E-state index in [2.05, 4.69) is 62.0 Å². The molecule has 0 bridgehead atoms. The third kappa shape index (κ3) is 7.94. The fourth-order valence-corrected chi connectivity index (χ4v) is 11.6. The van der Waals surface area contributed by atoms with E-state index in [-0.39, 0.29) is 54.4 Å². The molecule has 14 aromatic rings. The van der Waals surface area contributed by atoms with E-state index in [9.17, 15) is 5.48 Å². The Labute approximate surface area is 502 Å². The third-order valence-electron chi connectivity index (χ3n) is 15.3. The van der Waals surface area contributed by atoms with Crippen molar-refractivity contribution in [2.24, 2.45) is 0 Å². The van der Waals surface area contributed by atoms with Gasteiger partial charge in [0.1, 0.15) is 34.3 Å². The number of fused-ring (bicyclic) bond motifs is 10. The average Bonchev–Trinajstić information content (AvgIpc) is 1.31. The molecule has 394 valence electrons. The van der Waals surface area contributed by atoms with Gasteiger partial charge in [0, 0.05) is 49.7 Å². The number of aromatic nitrogens is 4. The summed E-state index contributed by atoms with van der Waals surface area (Å²) in [5, 5.41) is 2.80. The summed E-state index contributed by atoms with van der Waals surface area (Å²) < 4.78 is 123. The molecule has 16 rings (SSSR count). The number of rotatable bonds is 8. The van der Waals surface area contributed by atoms with Crippen molar-refractivity contribution in [1.82, 2.24) is 14.1 Å². The van der Waals surface area contributed by atoms with Gasteiger partial charge in [0.05, 0.1) is 35.8 Å². The molecule has 0 unspecified atom stereocenters. The van der Waals surface area contributed by atoms with Gasteiger partial charge in [0.2, 0.25) is 0 Å². The SMILES string of the molecule is [2H]c1c([2H])c([2H])c(-c2cccc(-c3c([2H])c([2H])c([2H])c([2H])c3[2H])c2-[n+]2[c-]n(-c3[c-]c(Oc4[c-]c5c(cc4)c4ccccc4n5-c4cc(C(C)(C)C)ccn4)ccc3)c3ccc(-c4cccc5c4B4c6oc7ccccc7c6Oc6cccc(c64)O5)cc32)c([2H])c1[2H].[Pt]. The largest absolute Gasteiger partial charge is 0.510 e. The Morgan fingerprint density at radius 3 is 2.04 bits per heavy atom. The molecular formula is C72H47BN4O4Pt-2. The van der Waals surface area contributed by atoms with Crippen molar-refractivity contribution in [3.63, 3.8) is 0 Å². The smallest absolute Gasteiger partial charge is 0.306 e. The Morgan fingerprint density at radius 1 is 0.585 bits per heavy atom. The number of pyridine rings is 1. The van der Waals surface area contributed by atoms with Crippen LogP contribution in [0.2, 0.25) is 0 Å². The zero-order valence-electron chi connectivity index (χ0n) is 54.0. The maximum Gasteiger partial charge on any atom is 0.306 e. The van der Waals surface area contributed by atoms with E-state index in [0.717, 1.165) is 55.1 Å². The Hall–Kier alpha value is -9.69. The van der Waals surface area contributed by atoms with Gasteiger partial charge in [-0.2, -0.15) is 18.2 Å². The van der Waals surface area contributed by atoms with Crippen molar-refractivity contribution >= 4 is 67.1 Å². The molecule has 2 aliphatic rings. The fraction of sp³-hybridized carbons (Fsp3) is 0.0556. The molecule has 6 heterocycles. The first kappa shape index (κ1) is 39.6. The van der Waals surface area contributed by atoms with Crippen LogP contribution >= 0.6 is 0 Å². The van der Waals surface area contributed by atoms with Gasteiger partial charge < -0.3 is 27.8 Å². The first-order chi connectivity index (χ1) is 43.9. The summed E-state index contributed by atoms with van der Waals surface area (Å²) in [5.41, 5.74) is 8.29. The van der Waals surface area contributed by atoms with Gasteiger partial charge >= 0.3 is 6.71 Å². The molecule has 0 fully saturated rings. The van der Waals surface area contributed by atoms with Gasteiger partial charge in [-0.1, -0.05) is 166 Å². The number of imidazole rings is 1. The number of hydrogen-bond acceptors (Lipinski definition) is 5. The van der Waals surface area contributed by atoms with Crippen LogP contribution in [0.3, 0.4) is 0 Å². The summed E-state index contributed by atoms with van der Waals surface area (Å²) >= 11 is 0. The quantitative estimate of drug-likeness (QED) is 0.0861. The second-order valence-corrected chi connectivity index (χ2v) is 21.1. The zero-order chi connectivity index (χ0) is 62.6. The predicted octanol–water partition coefficient (Wildman–Crippen LogP) is 15.4. The molecule has 0 aliphatic carbocycles. The Morgan fingerprint density at radius 2 is 1.26 bits per heavy atom. The van der Waals surface area contributed by atoms with Crippen molar-refractivity contribution in [2.75, 3.05) is 0 Å². The summed E-state index contributed by atoms with van der Waals surface area (Å²) in [6, 6.07) is 52.9. The summed E-state index contributed by atoms with van der Waals surface area (Å²) in [6.45, 7) is 6.00. The predicted molar refractivity (Wildman–Crippen MR) is 322 cm³/mol. The van der Waals surface area contributed by atoms with E-state index in [0.29, 0.717) is 68.0 Å². The molecular weight excluding hydrogens is 1190 g/mol. The van der Waals surface area contributed by atoms with Gasteiger partial charge in [0.15, 0.2) is 5.75 Å². The molecule has 0 saturated carbocycles. The van der Waals surface area contributed by atoms with Crippen molar-refractivity contribution in [3.8, 4) is 85.1 Å². The number of nitrogens with zero attached hydrogens (tertiary/aromatic N) is 4. The molecule has 0 N–H and O–H groups in total. The van der Waals surface area contributed by atoms with Gasteiger partial charge in [-0.05, 0) is 115 Å². The number of furan rings is 1. The Balaban J connectivity index is 0.00000702. The van der Waals surface area contributed by atoms with E-state index >= 15 is 0 Å². The van der Waals surface area contributed by atoms with Crippen LogP contribution in [0.5, 0.6) is 34.5 Å². The van der Waals surface area contributed by atoms with E-state index < -0.39 is 67.1 Å². The van der Waals surface area contributed by atoms with Gasteiger partial charge in [-0.15, -0.1) is 29.7 Å². The van der Waals surface area contributed by atoms with Crippen LogP contribution in [-0.2, 0) is 26.5 Å². The van der Waals surface area contributed by atoms with Crippen LogP contribution in [0.1, 0.15) is 40.0 Å². The normalized spacial score (nSPS) is 14.1. The second kappa shape index (κ2) is 19.3. The van der Waals surface area contributed by atoms with Crippen molar-refractivity contribution in [3.05, 3.63) is 254 Å². The summed E-state index contributed by atoms with van der Waals surface area (Å²) in [6.07, 6.45) is 5.39. The molecule has 4 aromatic heterocycles. The maximum absolute atomic E-state index is 9.39. The molecule has 0 radical (unpaired) electrons.